The number of aromatic hydroxyl groups is 1. The van der Waals surface area contributed by atoms with Crippen molar-refractivity contribution in [3.63, 3.8) is 0 Å². The van der Waals surface area contributed by atoms with Crippen molar-refractivity contribution in [2.75, 3.05) is 12.8 Å². The van der Waals surface area contributed by atoms with Gasteiger partial charge in [0.15, 0.2) is 5.75 Å². The molecule has 0 fully saturated rings. The molecule has 1 heterocycles. The number of benzene rings is 1. The van der Waals surface area contributed by atoms with E-state index in [4.69, 9.17) is 5.73 Å². The van der Waals surface area contributed by atoms with Gasteiger partial charge in [-0.3, -0.25) is 9.48 Å². The second-order valence-corrected chi connectivity index (χ2v) is 4.43. The van der Waals surface area contributed by atoms with Gasteiger partial charge in [-0.05, 0) is 12.1 Å². The van der Waals surface area contributed by atoms with E-state index in [0.717, 1.165) is 5.56 Å². The molecule has 0 spiro atoms. The molecule has 6 heteroatoms. The summed E-state index contributed by atoms with van der Waals surface area (Å²) >= 11 is 0. The third kappa shape index (κ3) is 2.67. The molecule has 0 unspecified atom stereocenters. The Labute approximate surface area is 111 Å². The number of hydrogen-bond acceptors (Lipinski definition) is 4. The van der Waals surface area contributed by atoms with E-state index >= 15 is 0 Å². The number of anilines is 1. The molecule has 2 rings (SSSR count). The molecule has 0 radical (unpaired) electrons. The van der Waals surface area contributed by atoms with Gasteiger partial charge in [0.05, 0.1) is 17.4 Å². The van der Waals surface area contributed by atoms with Gasteiger partial charge < -0.3 is 15.7 Å². The predicted molar refractivity (Wildman–Crippen MR) is 71.5 cm³/mol. The fourth-order valence-corrected chi connectivity index (χ4v) is 1.84. The Kier molecular flexibility index (Phi) is 3.41. The summed E-state index contributed by atoms with van der Waals surface area (Å²) in [5.41, 5.74) is 6.89. The van der Waals surface area contributed by atoms with Crippen LogP contribution in [0.25, 0.3) is 0 Å². The normalized spacial score (nSPS) is 10.4. The van der Waals surface area contributed by atoms with Gasteiger partial charge in [-0.1, -0.05) is 6.07 Å². The number of amides is 1. The van der Waals surface area contributed by atoms with Crippen LogP contribution in [0.3, 0.4) is 0 Å². The molecule has 2 aromatic rings. The Balaban J connectivity index is 2.17. The number of aryl methyl sites for hydroxylation is 1. The van der Waals surface area contributed by atoms with Crippen molar-refractivity contribution < 1.29 is 9.90 Å². The zero-order valence-corrected chi connectivity index (χ0v) is 10.9. The highest BCUT2D eigenvalue weighted by Gasteiger charge is 2.17. The van der Waals surface area contributed by atoms with Crippen LogP contribution in [-0.2, 0) is 13.6 Å². The van der Waals surface area contributed by atoms with Crippen molar-refractivity contribution in [3.05, 3.63) is 41.7 Å². The lowest BCUT2D eigenvalue weighted by atomic mass is 10.1. The van der Waals surface area contributed by atoms with E-state index in [1.54, 1.807) is 36.1 Å². The molecule has 0 saturated heterocycles. The molecule has 0 aliphatic carbocycles. The van der Waals surface area contributed by atoms with E-state index in [1.165, 1.54) is 4.90 Å². The summed E-state index contributed by atoms with van der Waals surface area (Å²) in [6.07, 6.45) is 3.53. The third-order valence-corrected chi connectivity index (χ3v) is 2.82. The summed E-state index contributed by atoms with van der Waals surface area (Å²) in [5, 5.41) is 13.8. The van der Waals surface area contributed by atoms with E-state index in [9.17, 15) is 9.90 Å². The summed E-state index contributed by atoms with van der Waals surface area (Å²) in [5.74, 6) is -0.459. The summed E-state index contributed by atoms with van der Waals surface area (Å²) < 4.78 is 1.67. The maximum atomic E-state index is 12.2. The molecule has 3 N–H and O–H groups in total. The zero-order valence-electron chi connectivity index (χ0n) is 10.9. The number of nitrogens with zero attached hydrogens (tertiary/aromatic N) is 3. The van der Waals surface area contributed by atoms with Gasteiger partial charge in [0.1, 0.15) is 0 Å². The lowest BCUT2D eigenvalue weighted by Crippen LogP contribution is -2.26. The number of nitrogens with two attached hydrogens (primary N) is 1. The van der Waals surface area contributed by atoms with E-state index in [1.807, 2.05) is 13.2 Å². The van der Waals surface area contributed by atoms with Crippen molar-refractivity contribution in [2.45, 2.75) is 6.54 Å². The van der Waals surface area contributed by atoms with Crippen LogP contribution in [0, 0.1) is 0 Å². The monoisotopic (exact) mass is 260 g/mol. The first-order valence-electron chi connectivity index (χ1n) is 5.79. The largest absolute Gasteiger partial charge is 0.505 e. The maximum absolute atomic E-state index is 12.2. The van der Waals surface area contributed by atoms with Crippen LogP contribution in [0.4, 0.5) is 5.69 Å². The first-order chi connectivity index (χ1) is 8.99. The molecule has 6 nitrogen and oxygen atoms in total. The van der Waals surface area contributed by atoms with Gasteiger partial charge in [0.2, 0.25) is 0 Å². The average Bonchev–Trinajstić information content (AvgIpc) is 2.77. The maximum Gasteiger partial charge on any atom is 0.257 e. The van der Waals surface area contributed by atoms with Gasteiger partial charge in [-0.25, -0.2) is 0 Å². The smallest absolute Gasteiger partial charge is 0.257 e. The van der Waals surface area contributed by atoms with E-state index in [-0.39, 0.29) is 22.9 Å². The van der Waals surface area contributed by atoms with Crippen LogP contribution in [0.2, 0.25) is 0 Å². The molecule has 1 aromatic heterocycles. The van der Waals surface area contributed by atoms with Crippen LogP contribution in [0.1, 0.15) is 15.9 Å². The standard InChI is InChI=1S/C13H16N4O2/c1-16(7-9-6-15-17(2)8-9)13(19)10-4-3-5-11(14)12(10)18/h3-6,8,18H,7,14H2,1-2H3. The minimum atomic E-state index is -0.284. The van der Waals surface area contributed by atoms with Gasteiger partial charge in [-0.2, -0.15) is 5.10 Å². The number of para-hydroxylation sites is 1. The number of hydrogen-bond donors (Lipinski definition) is 2. The van der Waals surface area contributed by atoms with Crippen LogP contribution >= 0.6 is 0 Å². The number of rotatable bonds is 3. The fraction of sp³-hybridized carbons (Fsp3) is 0.231. The highest BCUT2D eigenvalue weighted by atomic mass is 16.3. The SMILES string of the molecule is CN(Cc1cnn(C)c1)C(=O)c1cccc(N)c1O. The highest BCUT2D eigenvalue weighted by molar-refractivity contribution is 5.98. The Morgan fingerprint density at radius 1 is 1.53 bits per heavy atom. The molecule has 1 aromatic carbocycles. The quantitative estimate of drug-likeness (QED) is 0.636. The van der Waals surface area contributed by atoms with Crippen LogP contribution in [-0.4, -0.2) is 32.7 Å². The van der Waals surface area contributed by atoms with Crippen LogP contribution < -0.4 is 5.73 Å². The second-order valence-electron chi connectivity index (χ2n) is 4.43. The molecule has 0 atom stereocenters. The lowest BCUT2D eigenvalue weighted by molar-refractivity contribution is 0.0782. The minimum Gasteiger partial charge on any atom is -0.505 e. The number of phenols is 1. The van der Waals surface area contributed by atoms with Crippen molar-refractivity contribution >= 4 is 11.6 Å². The number of nitrogen functional groups attached to an aromatic ring is 1. The summed E-state index contributed by atoms with van der Waals surface area (Å²) in [6.45, 7) is 0.418. The van der Waals surface area contributed by atoms with Gasteiger partial charge >= 0.3 is 0 Å². The average molecular weight is 260 g/mol. The molecule has 0 saturated carbocycles. The zero-order chi connectivity index (χ0) is 14.0. The Morgan fingerprint density at radius 2 is 2.26 bits per heavy atom. The molecular formula is C13H16N4O2. The van der Waals surface area contributed by atoms with Crippen molar-refractivity contribution in [3.8, 4) is 5.75 Å². The fourth-order valence-electron chi connectivity index (χ4n) is 1.84. The van der Waals surface area contributed by atoms with Crippen LogP contribution in [0.5, 0.6) is 5.75 Å². The third-order valence-electron chi connectivity index (χ3n) is 2.82. The topological polar surface area (TPSA) is 84.4 Å². The lowest BCUT2D eigenvalue weighted by Gasteiger charge is -2.17. The van der Waals surface area contributed by atoms with Crippen LogP contribution in [0.15, 0.2) is 30.6 Å². The Morgan fingerprint density at radius 3 is 2.89 bits per heavy atom. The number of carbonyl (C=O) groups is 1. The van der Waals surface area contributed by atoms with E-state index < -0.39 is 0 Å². The number of phenolic OH excluding ortho intramolecular Hbond substituents is 1. The molecule has 1 amide bonds. The van der Waals surface area contributed by atoms with E-state index in [2.05, 4.69) is 5.10 Å². The minimum absolute atomic E-state index is 0.175. The van der Waals surface area contributed by atoms with Gasteiger partial charge in [0.25, 0.3) is 5.91 Å². The van der Waals surface area contributed by atoms with Crippen molar-refractivity contribution in [1.82, 2.24) is 14.7 Å². The molecule has 0 bridgehead atoms. The van der Waals surface area contributed by atoms with Crippen molar-refractivity contribution in [2.24, 2.45) is 7.05 Å². The van der Waals surface area contributed by atoms with E-state index in [0.29, 0.717) is 6.54 Å². The number of aromatic nitrogens is 2. The summed E-state index contributed by atoms with van der Waals surface area (Å²) in [7, 11) is 3.48. The first-order valence-corrected chi connectivity index (χ1v) is 5.79. The van der Waals surface area contributed by atoms with Gasteiger partial charge in [-0.15, -0.1) is 0 Å². The molecule has 0 aliphatic rings. The molecule has 100 valence electrons. The van der Waals surface area contributed by atoms with Crippen molar-refractivity contribution in [1.29, 1.82) is 0 Å². The Hall–Kier alpha value is -2.50. The summed E-state index contributed by atoms with van der Waals surface area (Å²) in [6, 6.07) is 4.74. The first kappa shape index (κ1) is 12.9. The molecular weight excluding hydrogens is 244 g/mol. The van der Waals surface area contributed by atoms with Gasteiger partial charge in [0, 0.05) is 32.4 Å². The molecule has 0 aliphatic heterocycles. The second kappa shape index (κ2) is 5.01. The number of carbonyl (C=O) groups excluding carboxylic acids is 1. The summed E-state index contributed by atoms with van der Waals surface area (Å²) in [4.78, 5) is 13.7. The predicted octanol–water partition coefficient (Wildman–Crippen LogP) is 0.980. The Bertz CT molecular complexity index is 606. The highest BCUT2D eigenvalue weighted by Crippen LogP contribution is 2.25. The molecule has 19 heavy (non-hydrogen) atoms.